The van der Waals surface area contributed by atoms with Crippen molar-refractivity contribution in [3.8, 4) is 0 Å². The largest absolute Gasteiger partial charge is 0.459 e. The summed E-state index contributed by atoms with van der Waals surface area (Å²) in [6.07, 6.45) is 1.45. The number of thiophene rings is 1. The Morgan fingerprint density at radius 2 is 1.84 bits per heavy atom. The summed E-state index contributed by atoms with van der Waals surface area (Å²) in [6.45, 7) is 5.61. The minimum Gasteiger partial charge on any atom is -0.459 e. The van der Waals surface area contributed by atoms with Crippen LogP contribution in [0, 0.1) is 6.92 Å². The van der Waals surface area contributed by atoms with E-state index in [-0.39, 0.29) is 23.6 Å². The molecule has 1 unspecified atom stereocenters. The molecule has 31 heavy (non-hydrogen) atoms. The Bertz CT molecular complexity index is 1010. The van der Waals surface area contributed by atoms with Crippen molar-refractivity contribution in [1.29, 1.82) is 0 Å². The topological polar surface area (TPSA) is 83.8 Å². The number of rotatable bonds is 7. The summed E-state index contributed by atoms with van der Waals surface area (Å²) in [7, 11) is 0. The van der Waals surface area contributed by atoms with E-state index in [2.05, 4.69) is 46.7 Å². The fourth-order valence-electron chi connectivity index (χ4n) is 3.52. The zero-order valence-corrected chi connectivity index (χ0v) is 18.1. The average Bonchev–Trinajstić information content (AvgIpc) is 3.48. The van der Waals surface area contributed by atoms with Crippen molar-refractivity contribution in [2.24, 2.45) is 0 Å². The van der Waals surface area contributed by atoms with Crippen molar-refractivity contribution < 1.29 is 18.7 Å². The van der Waals surface area contributed by atoms with Crippen LogP contribution in [0.2, 0.25) is 0 Å². The van der Waals surface area contributed by atoms with Gasteiger partial charge in [-0.3, -0.25) is 14.5 Å². The summed E-state index contributed by atoms with van der Waals surface area (Å²) in [5.41, 5.74) is 2.38. The van der Waals surface area contributed by atoms with Crippen LogP contribution in [0.15, 0.2) is 59.2 Å². The molecule has 1 aliphatic rings. The number of morpholine rings is 1. The van der Waals surface area contributed by atoms with Crippen LogP contribution in [0.4, 0.5) is 5.00 Å². The molecule has 2 aromatic heterocycles. The number of anilines is 1. The maximum atomic E-state index is 12.8. The van der Waals surface area contributed by atoms with Gasteiger partial charge in [-0.15, -0.1) is 11.3 Å². The quantitative estimate of drug-likeness (QED) is 0.586. The Balaban J connectivity index is 1.40. The standard InChI is InChI=1S/C23H25N3O4S/c1-16-4-6-17(7-5-16)18(26-10-13-29-14-11-26)15-24-23(28)20-8-9-21(31-20)25-22(27)19-3-2-12-30-19/h2-9,12,18H,10-11,13-15H2,1H3,(H,24,28)(H,25,27). The first-order valence-corrected chi connectivity index (χ1v) is 11.0. The summed E-state index contributed by atoms with van der Waals surface area (Å²) in [5.74, 6) is -0.273. The van der Waals surface area contributed by atoms with Crippen molar-refractivity contribution in [3.63, 3.8) is 0 Å². The van der Waals surface area contributed by atoms with E-state index in [1.807, 2.05) is 0 Å². The Labute approximate surface area is 185 Å². The highest BCUT2D eigenvalue weighted by Gasteiger charge is 2.24. The van der Waals surface area contributed by atoms with Crippen LogP contribution in [0.25, 0.3) is 0 Å². The second-order valence-electron chi connectivity index (χ2n) is 7.38. The molecule has 0 radical (unpaired) electrons. The lowest BCUT2D eigenvalue weighted by molar-refractivity contribution is 0.0162. The first-order chi connectivity index (χ1) is 15.1. The monoisotopic (exact) mass is 439 g/mol. The van der Waals surface area contributed by atoms with Crippen molar-refractivity contribution >= 4 is 28.2 Å². The maximum Gasteiger partial charge on any atom is 0.291 e. The number of nitrogens with one attached hydrogen (secondary N) is 2. The van der Waals surface area contributed by atoms with E-state index >= 15 is 0 Å². The Kier molecular flexibility index (Phi) is 6.81. The third kappa shape index (κ3) is 5.41. The number of ether oxygens (including phenoxy) is 1. The van der Waals surface area contributed by atoms with Crippen LogP contribution >= 0.6 is 11.3 Å². The minimum absolute atomic E-state index is 0.0755. The highest BCUT2D eigenvalue weighted by molar-refractivity contribution is 7.18. The van der Waals surface area contributed by atoms with E-state index < -0.39 is 0 Å². The van der Waals surface area contributed by atoms with Crippen LogP contribution in [-0.4, -0.2) is 49.6 Å². The number of hydrogen-bond acceptors (Lipinski definition) is 6. The lowest BCUT2D eigenvalue weighted by atomic mass is 10.0. The lowest BCUT2D eigenvalue weighted by Gasteiger charge is -2.35. The Morgan fingerprint density at radius 3 is 2.55 bits per heavy atom. The van der Waals surface area contributed by atoms with Crippen LogP contribution in [0.1, 0.15) is 37.4 Å². The van der Waals surface area contributed by atoms with Gasteiger partial charge < -0.3 is 19.8 Å². The molecule has 1 fully saturated rings. The molecular formula is C23H25N3O4S. The number of carbonyl (C=O) groups excluding carboxylic acids is 2. The van der Waals surface area contributed by atoms with Gasteiger partial charge in [0.25, 0.3) is 11.8 Å². The predicted octanol–water partition coefficient (Wildman–Crippen LogP) is 3.71. The number of amides is 2. The minimum atomic E-state index is -0.342. The molecule has 8 heteroatoms. The number of furan rings is 1. The van der Waals surface area contributed by atoms with Crippen LogP contribution in [0.3, 0.4) is 0 Å². The maximum absolute atomic E-state index is 12.8. The van der Waals surface area contributed by atoms with Crippen molar-refractivity contribution in [3.05, 3.63) is 76.6 Å². The van der Waals surface area contributed by atoms with Crippen molar-refractivity contribution in [2.45, 2.75) is 13.0 Å². The number of carbonyl (C=O) groups is 2. The fourth-order valence-corrected chi connectivity index (χ4v) is 4.34. The summed E-state index contributed by atoms with van der Waals surface area (Å²) >= 11 is 1.23. The van der Waals surface area contributed by atoms with E-state index in [0.717, 1.165) is 13.1 Å². The van der Waals surface area contributed by atoms with Gasteiger partial charge in [-0.1, -0.05) is 29.8 Å². The molecule has 4 rings (SSSR count). The first-order valence-electron chi connectivity index (χ1n) is 10.2. The number of nitrogens with zero attached hydrogens (tertiary/aromatic N) is 1. The van der Waals surface area contributed by atoms with Gasteiger partial charge in [0.2, 0.25) is 0 Å². The molecule has 1 saturated heterocycles. The number of benzene rings is 1. The van der Waals surface area contributed by atoms with E-state index in [9.17, 15) is 9.59 Å². The average molecular weight is 440 g/mol. The van der Waals surface area contributed by atoms with Gasteiger partial charge in [0.05, 0.1) is 35.4 Å². The van der Waals surface area contributed by atoms with Gasteiger partial charge in [0.1, 0.15) is 0 Å². The second kappa shape index (κ2) is 9.91. The van der Waals surface area contributed by atoms with Gasteiger partial charge in [0, 0.05) is 19.6 Å². The molecule has 2 N–H and O–H groups in total. The van der Waals surface area contributed by atoms with E-state index in [4.69, 9.17) is 9.15 Å². The molecule has 0 spiro atoms. The molecule has 0 bridgehead atoms. The highest BCUT2D eigenvalue weighted by Crippen LogP contribution is 2.24. The van der Waals surface area contributed by atoms with Crippen LogP contribution in [0.5, 0.6) is 0 Å². The summed E-state index contributed by atoms with van der Waals surface area (Å²) in [5, 5.41) is 6.40. The zero-order valence-electron chi connectivity index (χ0n) is 17.3. The first kappa shape index (κ1) is 21.3. The number of aryl methyl sites for hydroxylation is 1. The van der Waals surface area contributed by atoms with Gasteiger partial charge >= 0.3 is 0 Å². The van der Waals surface area contributed by atoms with Crippen LogP contribution in [-0.2, 0) is 4.74 Å². The lowest BCUT2D eigenvalue weighted by Crippen LogP contribution is -2.43. The summed E-state index contributed by atoms with van der Waals surface area (Å²) < 4.78 is 10.6. The Morgan fingerprint density at radius 1 is 1.06 bits per heavy atom. The van der Waals surface area contributed by atoms with E-state index in [0.29, 0.717) is 29.6 Å². The van der Waals surface area contributed by atoms with Gasteiger partial charge in [0.15, 0.2) is 5.76 Å². The summed E-state index contributed by atoms with van der Waals surface area (Å²) in [6, 6.07) is 15.2. The van der Waals surface area contributed by atoms with Gasteiger partial charge in [-0.25, -0.2) is 0 Å². The molecule has 0 aliphatic carbocycles. The molecule has 2 amide bonds. The molecule has 162 valence electrons. The fraction of sp³-hybridized carbons (Fsp3) is 0.304. The second-order valence-corrected chi connectivity index (χ2v) is 8.46. The van der Waals surface area contributed by atoms with E-state index in [1.165, 1.54) is 28.7 Å². The SMILES string of the molecule is Cc1ccc(C(CNC(=O)c2ccc(NC(=O)c3ccco3)s2)N2CCOCC2)cc1. The predicted molar refractivity (Wildman–Crippen MR) is 120 cm³/mol. The van der Waals surface area contributed by atoms with Gasteiger partial charge in [-0.2, -0.15) is 0 Å². The van der Waals surface area contributed by atoms with Gasteiger partial charge in [-0.05, 0) is 36.8 Å². The van der Waals surface area contributed by atoms with E-state index in [1.54, 1.807) is 24.3 Å². The molecule has 7 nitrogen and oxygen atoms in total. The molecule has 1 aliphatic heterocycles. The Hall–Kier alpha value is -2.94. The normalized spacial score (nSPS) is 15.4. The molecule has 3 aromatic rings. The third-order valence-electron chi connectivity index (χ3n) is 5.22. The molecule has 1 atom stereocenters. The van der Waals surface area contributed by atoms with Crippen molar-refractivity contribution in [1.82, 2.24) is 10.2 Å². The molecule has 0 saturated carbocycles. The summed E-state index contributed by atoms with van der Waals surface area (Å²) in [4.78, 5) is 27.8. The van der Waals surface area contributed by atoms with Crippen molar-refractivity contribution in [2.75, 3.05) is 38.2 Å². The van der Waals surface area contributed by atoms with Crippen LogP contribution < -0.4 is 10.6 Å². The highest BCUT2D eigenvalue weighted by atomic mass is 32.1. The smallest absolute Gasteiger partial charge is 0.291 e. The molecular weight excluding hydrogens is 414 g/mol. The molecule has 3 heterocycles. The number of hydrogen-bond donors (Lipinski definition) is 2. The third-order valence-corrected chi connectivity index (χ3v) is 6.22. The molecule has 1 aromatic carbocycles. The zero-order chi connectivity index (χ0) is 21.6.